The van der Waals surface area contributed by atoms with Crippen molar-refractivity contribution in [2.75, 3.05) is 18.5 Å². The fraction of sp³-hybridized carbons (Fsp3) is 0.357. The Morgan fingerprint density at radius 1 is 1.39 bits per heavy atom. The van der Waals surface area contributed by atoms with Crippen LogP contribution in [0.2, 0.25) is 0 Å². The molecule has 0 aliphatic carbocycles. The maximum Gasteiger partial charge on any atom is 0.148 e. The van der Waals surface area contributed by atoms with E-state index >= 15 is 0 Å². The van der Waals surface area contributed by atoms with Crippen LogP contribution in [0.4, 0.5) is 5.82 Å². The number of anilines is 1. The summed E-state index contributed by atoms with van der Waals surface area (Å²) >= 11 is 0. The Balaban J connectivity index is 1.71. The summed E-state index contributed by atoms with van der Waals surface area (Å²) in [6.07, 6.45) is 3.06. The molecule has 2 heterocycles. The number of rotatable bonds is 3. The molecule has 0 bridgehead atoms. The van der Waals surface area contributed by atoms with E-state index in [1.807, 2.05) is 19.3 Å². The highest BCUT2D eigenvalue weighted by atomic mass is 16.5. The number of benzene rings is 1. The Bertz CT molecular complexity index is 535. The molecule has 2 aromatic rings. The molecule has 4 heteroatoms. The minimum Gasteiger partial charge on any atom is -0.371 e. The second kappa shape index (κ2) is 4.82. The van der Waals surface area contributed by atoms with Gasteiger partial charge in [-0.05, 0) is 17.5 Å². The van der Waals surface area contributed by atoms with E-state index in [1.165, 1.54) is 11.1 Å². The first-order valence-electron chi connectivity index (χ1n) is 6.26. The van der Waals surface area contributed by atoms with Gasteiger partial charge in [0.1, 0.15) is 5.82 Å². The standard InChI is InChI=1S/C14H17N3O/c1-17-8-6-14(16-17)15-10-13-12-5-3-2-4-11(12)7-9-18-13/h2-6,8,13H,7,9-10H2,1H3,(H,15,16). The van der Waals surface area contributed by atoms with Gasteiger partial charge in [-0.2, -0.15) is 5.10 Å². The third-order valence-corrected chi connectivity index (χ3v) is 3.27. The van der Waals surface area contributed by atoms with Crippen molar-refractivity contribution in [2.45, 2.75) is 12.5 Å². The second-order valence-electron chi connectivity index (χ2n) is 4.56. The molecule has 1 N–H and O–H groups in total. The molecule has 1 aliphatic heterocycles. The molecular weight excluding hydrogens is 226 g/mol. The number of hydrogen-bond donors (Lipinski definition) is 1. The summed E-state index contributed by atoms with van der Waals surface area (Å²) in [4.78, 5) is 0. The number of fused-ring (bicyclic) bond motifs is 1. The molecule has 0 radical (unpaired) electrons. The predicted octanol–water partition coefficient (Wildman–Crippen LogP) is 2.15. The summed E-state index contributed by atoms with van der Waals surface area (Å²) in [6.45, 7) is 1.56. The minimum atomic E-state index is 0.122. The van der Waals surface area contributed by atoms with Crippen molar-refractivity contribution < 1.29 is 4.74 Å². The number of aromatic nitrogens is 2. The molecule has 1 atom stereocenters. The quantitative estimate of drug-likeness (QED) is 0.897. The highest BCUT2D eigenvalue weighted by Crippen LogP contribution is 2.26. The van der Waals surface area contributed by atoms with E-state index in [1.54, 1.807) is 4.68 Å². The van der Waals surface area contributed by atoms with Gasteiger partial charge in [-0.3, -0.25) is 4.68 Å². The average molecular weight is 243 g/mol. The predicted molar refractivity (Wildman–Crippen MR) is 70.5 cm³/mol. The molecule has 1 aromatic carbocycles. The lowest BCUT2D eigenvalue weighted by Crippen LogP contribution is -2.22. The van der Waals surface area contributed by atoms with Crippen molar-refractivity contribution >= 4 is 5.82 Å². The van der Waals surface area contributed by atoms with Crippen molar-refractivity contribution in [3.63, 3.8) is 0 Å². The Morgan fingerprint density at radius 2 is 2.28 bits per heavy atom. The van der Waals surface area contributed by atoms with Gasteiger partial charge in [0.25, 0.3) is 0 Å². The van der Waals surface area contributed by atoms with Crippen LogP contribution in [0.5, 0.6) is 0 Å². The van der Waals surface area contributed by atoms with E-state index in [-0.39, 0.29) is 6.10 Å². The molecule has 0 saturated carbocycles. The Kier molecular flexibility index (Phi) is 3.02. The van der Waals surface area contributed by atoms with Crippen LogP contribution >= 0.6 is 0 Å². The molecule has 0 fully saturated rings. The van der Waals surface area contributed by atoms with Gasteiger partial charge in [0.15, 0.2) is 0 Å². The van der Waals surface area contributed by atoms with Crippen molar-refractivity contribution in [1.29, 1.82) is 0 Å². The van der Waals surface area contributed by atoms with E-state index in [9.17, 15) is 0 Å². The highest BCUT2D eigenvalue weighted by molar-refractivity contribution is 5.35. The Morgan fingerprint density at radius 3 is 3.11 bits per heavy atom. The molecule has 0 saturated heterocycles. The first-order valence-corrected chi connectivity index (χ1v) is 6.26. The number of nitrogens with one attached hydrogen (secondary N) is 1. The number of hydrogen-bond acceptors (Lipinski definition) is 3. The lowest BCUT2D eigenvalue weighted by Gasteiger charge is -2.26. The summed E-state index contributed by atoms with van der Waals surface area (Å²) in [5.41, 5.74) is 2.70. The molecule has 1 unspecified atom stereocenters. The Labute approximate surface area is 107 Å². The molecule has 1 aliphatic rings. The molecule has 0 spiro atoms. The molecule has 1 aromatic heterocycles. The largest absolute Gasteiger partial charge is 0.371 e. The van der Waals surface area contributed by atoms with Crippen LogP contribution in [0, 0.1) is 0 Å². The zero-order valence-corrected chi connectivity index (χ0v) is 10.5. The van der Waals surface area contributed by atoms with Gasteiger partial charge in [-0.25, -0.2) is 0 Å². The maximum atomic E-state index is 5.84. The third kappa shape index (κ3) is 2.24. The summed E-state index contributed by atoms with van der Waals surface area (Å²) in [5.74, 6) is 0.893. The zero-order chi connectivity index (χ0) is 12.4. The van der Waals surface area contributed by atoms with Gasteiger partial charge in [-0.15, -0.1) is 0 Å². The molecule has 3 rings (SSSR count). The van der Waals surface area contributed by atoms with Crippen LogP contribution in [0.1, 0.15) is 17.2 Å². The first-order chi connectivity index (χ1) is 8.83. The van der Waals surface area contributed by atoms with Gasteiger partial charge < -0.3 is 10.1 Å². The van der Waals surface area contributed by atoms with Gasteiger partial charge in [0.2, 0.25) is 0 Å². The smallest absolute Gasteiger partial charge is 0.148 e. The lowest BCUT2D eigenvalue weighted by molar-refractivity contribution is 0.0513. The first kappa shape index (κ1) is 11.3. The molecular formula is C14H17N3O. The van der Waals surface area contributed by atoms with Crippen LogP contribution in [-0.2, 0) is 18.2 Å². The van der Waals surface area contributed by atoms with Gasteiger partial charge in [0.05, 0.1) is 12.7 Å². The minimum absolute atomic E-state index is 0.122. The van der Waals surface area contributed by atoms with E-state index in [2.05, 4.69) is 34.7 Å². The normalized spacial score (nSPS) is 18.4. The third-order valence-electron chi connectivity index (χ3n) is 3.27. The number of aryl methyl sites for hydroxylation is 1. The van der Waals surface area contributed by atoms with Gasteiger partial charge >= 0.3 is 0 Å². The van der Waals surface area contributed by atoms with E-state index < -0.39 is 0 Å². The fourth-order valence-corrected chi connectivity index (χ4v) is 2.35. The second-order valence-corrected chi connectivity index (χ2v) is 4.56. The number of nitrogens with zero attached hydrogens (tertiary/aromatic N) is 2. The monoisotopic (exact) mass is 243 g/mol. The van der Waals surface area contributed by atoms with Crippen LogP contribution in [0.3, 0.4) is 0 Å². The zero-order valence-electron chi connectivity index (χ0n) is 10.5. The molecule has 18 heavy (non-hydrogen) atoms. The SMILES string of the molecule is Cn1ccc(NCC2OCCc3ccccc32)n1. The number of ether oxygens (including phenoxy) is 1. The molecule has 4 nitrogen and oxygen atoms in total. The van der Waals surface area contributed by atoms with Crippen LogP contribution in [0.25, 0.3) is 0 Å². The van der Waals surface area contributed by atoms with Gasteiger partial charge in [-0.1, -0.05) is 24.3 Å². The summed E-state index contributed by atoms with van der Waals surface area (Å²) in [6, 6.07) is 10.5. The summed E-state index contributed by atoms with van der Waals surface area (Å²) in [5, 5.41) is 7.62. The van der Waals surface area contributed by atoms with Crippen LogP contribution in [-0.4, -0.2) is 22.9 Å². The molecule has 94 valence electrons. The fourth-order valence-electron chi connectivity index (χ4n) is 2.35. The van der Waals surface area contributed by atoms with Gasteiger partial charge in [0, 0.05) is 25.9 Å². The van der Waals surface area contributed by atoms with Crippen molar-refractivity contribution in [1.82, 2.24) is 9.78 Å². The summed E-state index contributed by atoms with van der Waals surface area (Å²) < 4.78 is 7.63. The topological polar surface area (TPSA) is 39.1 Å². The van der Waals surface area contributed by atoms with Crippen molar-refractivity contribution in [3.8, 4) is 0 Å². The molecule has 0 amide bonds. The van der Waals surface area contributed by atoms with E-state index in [0.717, 1.165) is 25.4 Å². The van der Waals surface area contributed by atoms with E-state index in [0.29, 0.717) is 0 Å². The van der Waals surface area contributed by atoms with E-state index in [4.69, 9.17) is 4.74 Å². The highest BCUT2D eigenvalue weighted by Gasteiger charge is 2.20. The Hall–Kier alpha value is -1.81. The maximum absolute atomic E-state index is 5.84. The van der Waals surface area contributed by atoms with Crippen LogP contribution in [0.15, 0.2) is 36.5 Å². The van der Waals surface area contributed by atoms with Crippen molar-refractivity contribution in [2.24, 2.45) is 7.05 Å². The van der Waals surface area contributed by atoms with Crippen molar-refractivity contribution in [3.05, 3.63) is 47.7 Å². The summed E-state index contributed by atoms with van der Waals surface area (Å²) in [7, 11) is 1.91. The van der Waals surface area contributed by atoms with Crippen LogP contribution < -0.4 is 5.32 Å². The lowest BCUT2D eigenvalue weighted by atomic mass is 9.97. The average Bonchev–Trinajstić information content (AvgIpc) is 2.82.